The molecule has 0 saturated carbocycles. The lowest BCUT2D eigenvalue weighted by atomic mass is 10.2. The van der Waals surface area contributed by atoms with E-state index in [2.05, 4.69) is 10.5 Å². The number of nitrogens with one attached hydrogen (secondary N) is 1. The van der Waals surface area contributed by atoms with Crippen LogP contribution in [0.15, 0.2) is 16.9 Å². The van der Waals surface area contributed by atoms with Crippen molar-refractivity contribution in [3.63, 3.8) is 0 Å². The summed E-state index contributed by atoms with van der Waals surface area (Å²) in [5.41, 5.74) is 8.67. The lowest BCUT2D eigenvalue weighted by Gasteiger charge is -2.21. The molecular formula is C6H11N5O2. The van der Waals surface area contributed by atoms with Crippen LogP contribution in [0.5, 0.6) is 0 Å². The van der Waals surface area contributed by atoms with Gasteiger partial charge >= 0.3 is 5.97 Å². The number of hydrogen-bond acceptors (Lipinski definition) is 6. The van der Waals surface area contributed by atoms with Crippen molar-refractivity contribution in [3.8, 4) is 0 Å². The number of hydrazine groups is 2. The molecule has 0 aromatic rings. The van der Waals surface area contributed by atoms with Crippen molar-refractivity contribution in [1.29, 1.82) is 0 Å². The van der Waals surface area contributed by atoms with E-state index < -0.39 is 5.97 Å². The van der Waals surface area contributed by atoms with Crippen molar-refractivity contribution in [2.45, 2.75) is 12.8 Å². The highest BCUT2D eigenvalue weighted by atomic mass is 16.4. The zero-order chi connectivity index (χ0) is 9.84. The quantitative estimate of drug-likeness (QED) is 0.406. The minimum Gasteiger partial charge on any atom is -0.481 e. The summed E-state index contributed by atoms with van der Waals surface area (Å²) in [4.78, 5) is 10.2. The maximum atomic E-state index is 10.2. The summed E-state index contributed by atoms with van der Waals surface area (Å²) in [5, 5.41) is 13.0. The van der Waals surface area contributed by atoms with E-state index in [-0.39, 0.29) is 12.3 Å². The van der Waals surface area contributed by atoms with Crippen LogP contribution in [0.1, 0.15) is 12.8 Å². The molecule has 1 aliphatic rings. The average Bonchev–Trinajstić information content (AvgIpc) is 1.99. The van der Waals surface area contributed by atoms with Gasteiger partial charge in [0.2, 0.25) is 0 Å². The molecule has 0 aliphatic carbocycles. The highest BCUT2D eigenvalue weighted by Gasteiger charge is 2.08. The number of nitrogens with zero attached hydrogens (tertiary/aromatic N) is 2. The van der Waals surface area contributed by atoms with E-state index in [9.17, 15) is 4.79 Å². The van der Waals surface area contributed by atoms with Gasteiger partial charge < -0.3 is 10.8 Å². The number of amidine groups is 1. The Morgan fingerprint density at radius 2 is 2.46 bits per heavy atom. The van der Waals surface area contributed by atoms with Crippen molar-refractivity contribution in [2.75, 3.05) is 0 Å². The second-order valence-corrected chi connectivity index (χ2v) is 2.54. The molecule has 0 aromatic heterocycles. The van der Waals surface area contributed by atoms with Crippen LogP contribution in [0.2, 0.25) is 0 Å². The summed E-state index contributed by atoms with van der Waals surface area (Å²) >= 11 is 0. The summed E-state index contributed by atoms with van der Waals surface area (Å²) < 4.78 is 0. The number of rotatable bonds is 3. The van der Waals surface area contributed by atoms with Crippen molar-refractivity contribution < 1.29 is 9.90 Å². The molecule has 1 rings (SSSR count). The van der Waals surface area contributed by atoms with Crippen molar-refractivity contribution in [2.24, 2.45) is 16.7 Å². The Kier molecular flexibility index (Phi) is 2.70. The molecule has 7 nitrogen and oxygen atoms in total. The molecule has 6 N–H and O–H groups in total. The van der Waals surface area contributed by atoms with E-state index in [1.807, 2.05) is 0 Å². The van der Waals surface area contributed by atoms with Gasteiger partial charge in [-0.2, -0.15) is 0 Å². The van der Waals surface area contributed by atoms with E-state index in [0.29, 0.717) is 12.1 Å². The molecule has 0 atom stereocenters. The smallest absolute Gasteiger partial charge is 0.303 e. The average molecular weight is 185 g/mol. The molecule has 0 spiro atoms. The van der Waals surface area contributed by atoms with Gasteiger partial charge in [-0.25, -0.2) is 5.84 Å². The highest BCUT2D eigenvalue weighted by molar-refractivity contribution is 5.92. The molecule has 1 heterocycles. The maximum absolute atomic E-state index is 10.2. The van der Waals surface area contributed by atoms with Crippen molar-refractivity contribution in [3.05, 3.63) is 11.8 Å². The number of carboxylic acid groups (broad SMARTS) is 1. The summed E-state index contributed by atoms with van der Waals surface area (Å²) in [6.45, 7) is 0. The van der Waals surface area contributed by atoms with Crippen LogP contribution in [-0.4, -0.2) is 22.1 Å². The van der Waals surface area contributed by atoms with Crippen LogP contribution in [0.3, 0.4) is 0 Å². The molecular weight excluding hydrogens is 174 g/mol. The van der Waals surface area contributed by atoms with Crippen LogP contribution in [-0.2, 0) is 4.79 Å². The Bertz CT molecular complexity index is 272. The number of carboxylic acids is 1. The fraction of sp³-hybridized carbons (Fsp3) is 0.333. The van der Waals surface area contributed by atoms with Crippen molar-refractivity contribution in [1.82, 2.24) is 10.7 Å². The first-order valence-electron chi connectivity index (χ1n) is 3.66. The Morgan fingerprint density at radius 1 is 1.77 bits per heavy atom. The summed E-state index contributed by atoms with van der Waals surface area (Å²) in [6.07, 6.45) is 1.92. The minimum absolute atomic E-state index is 0.0277. The molecule has 72 valence electrons. The number of aliphatic carboxylic acids is 1. The first-order chi connectivity index (χ1) is 6.08. The summed E-state index contributed by atoms with van der Waals surface area (Å²) in [5.74, 6) is 4.67. The fourth-order valence-corrected chi connectivity index (χ4v) is 0.906. The molecule has 7 heteroatoms. The second-order valence-electron chi connectivity index (χ2n) is 2.54. The number of nitrogens with two attached hydrogens (primary N) is 2. The number of hydrogen-bond donors (Lipinski definition) is 4. The Labute approximate surface area is 74.6 Å². The molecule has 0 fully saturated rings. The highest BCUT2D eigenvalue weighted by Crippen LogP contribution is 2.04. The molecule has 0 radical (unpaired) electrons. The Balaban J connectivity index is 2.51. The van der Waals surface area contributed by atoms with Gasteiger partial charge in [0.05, 0.1) is 6.42 Å². The summed E-state index contributed by atoms with van der Waals surface area (Å²) in [7, 11) is 0. The van der Waals surface area contributed by atoms with E-state index in [0.717, 1.165) is 5.23 Å². The van der Waals surface area contributed by atoms with Crippen molar-refractivity contribution >= 4 is 11.8 Å². The Hall–Kier alpha value is -1.76. The predicted octanol–water partition coefficient (Wildman–Crippen LogP) is -1.30. The normalized spacial score (nSPS) is 15.9. The lowest BCUT2D eigenvalue weighted by molar-refractivity contribution is -0.137. The monoisotopic (exact) mass is 185 g/mol. The van der Waals surface area contributed by atoms with Gasteiger partial charge in [-0.3, -0.25) is 10.2 Å². The van der Waals surface area contributed by atoms with Gasteiger partial charge in [0.1, 0.15) is 5.84 Å². The Morgan fingerprint density at radius 3 is 3.00 bits per heavy atom. The number of carbonyl (C=O) groups is 1. The van der Waals surface area contributed by atoms with Gasteiger partial charge in [0, 0.05) is 11.8 Å². The molecule has 0 bridgehead atoms. The summed E-state index contributed by atoms with van der Waals surface area (Å²) in [6, 6.07) is 0. The van der Waals surface area contributed by atoms with Gasteiger partial charge in [0.25, 0.3) is 0 Å². The lowest BCUT2D eigenvalue weighted by Crippen LogP contribution is -2.43. The zero-order valence-electron chi connectivity index (χ0n) is 6.90. The van der Waals surface area contributed by atoms with Crippen LogP contribution in [0.25, 0.3) is 0 Å². The molecule has 1 aliphatic heterocycles. The first-order valence-corrected chi connectivity index (χ1v) is 3.66. The molecule has 0 amide bonds. The van der Waals surface area contributed by atoms with E-state index in [1.165, 1.54) is 0 Å². The third-order valence-electron chi connectivity index (χ3n) is 1.41. The van der Waals surface area contributed by atoms with Gasteiger partial charge in [0.15, 0.2) is 0 Å². The fourth-order valence-electron chi connectivity index (χ4n) is 0.906. The zero-order valence-corrected chi connectivity index (χ0v) is 6.90. The van der Waals surface area contributed by atoms with E-state index >= 15 is 0 Å². The van der Waals surface area contributed by atoms with Gasteiger partial charge in [-0.15, -0.1) is 10.3 Å². The molecule has 0 saturated heterocycles. The third-order valence-corrected chi connectivity index (χ3v) is 1.41. The molecule has 13 heavy (non-hydrogen) atoms. The van der Waals surface area contributed by atoms with Crippen LogP contribution in [0, 0.1) is 0 Å². The van der Waals surface area contributed by atoms with E-state index in [4.69, 9.17) is 16.7 Å². The third kappa shape index (κ3) is 2.99. The minimum atomic E-state index is -0.868. The van der Waals surface area contributed by atoms with Gasteiger partial charge in [-0.05, 0) is 6.42 Å². The molecule has 0 unspecified atom stereocenters. The first kappa shape index (κ1) is 9.33. The SMILES string of the molecule is NC1=NN(N)NC(CCC(=O)O)=C1. The van der Waals surface area contributed by atoms with Crippen LogP contribution >= 0.6 is 0 Å². The molecule has 0 aromatic carbocycles. The maximum Gasteiger partial charge on any atom is 0.303 e. The number of allylic oxidation sites excluding steroid dienone is 1. The largest absolute Gasteiger partial charge is 0.481 e. The second kappa shape index (κ2) is 3.76. The predicted molar refractivity (Wildman–Crippen MR) is 45.7 cm³/mol. The van der Waals surface area contributed by atoms with Gasteiger partial charge in [-0.1, -0.05) is 0 Å². The van der Waals surface area contributed by atoms with Crippen LogP contribution < -0.4 is 17.0 Å². The topological polar surface area (TPSA) is 117 Å². The van der Waals surface area contributed by atoms with Crippen LogP contribution in [0.4, 0.5) is 0 Å². The number of hydrazone groups is 1. The standard InChI is InChI=1S/C6H11N5O2/c7-5-3-4(1-2-6(12)13)9-11(8)10-5/h3,9H,1-2,8H2,(H2,7,10)(H,12,13). The van der Waals surface area contributed by atoms with E-state index in [1.54, 1.807) is 6.08 Å².